The Morgan fingerprint density at radius 2 is 2.00 bits per heavy atom. The van der Waals surface area contributed by atoms with Gasteiger partial charge >= 0.3 is 0 Å². The zero-order valence-electron chi connectivity index (χ0n) is 12.8. The molecule has 0 aliphatic rings. The topological polar surface area (TPSA) is 50.7 Å². The molecular formula is C16H27NO3. The standard InChI is InChI=1S/C16H27NO3/c1-13(2)6-5-9-17-11-14(18)12-20-16-8-4-7-15(10-16)19-3/h4,7-8,10,13-14,17-18H,5-6,9,11-12H2,1-3H3. The fourth-order valence-electron chi connectivity index (χ4n) is 1.85. The molecule has 114 valence electrons. The van der Waals surface area contributed by atoms with Gasteiger partial charge in [0.25, 0.3) is 0 Å². The summed E-state index contributed by atoms with van der Waals surface area (Å²) in [7, 11) is 1.62. The summed E-state index contributed by atoms with van der Waals surface area (Å²) >= 11 is 0. The van der Waals surface area contributed by atoms with Crippen LogP contribution in [0.5, 0.6) is 11.5 Å². The second-order valence-electron chi connectivity index (χ2n) is 5.38. The number of benzene rings is 1. The summed E-state index contributed by atoms with van der Waals surface area (Å²) in [5.41, 5.74) is 0. The van der Waals surface area contributed by atoms with Crippen LogP contribution < -0.4 is 14.8 Å². The smallest absolute Gasteiger partial charge is 0.123 e. The van der Waals surface area contributed by atoms with Crippen LogP contribution in [0, 0.1) is 5.92 Å². The van der Waals surface area contributed by atoms with Crippen LogP contribution in [0.4, 0.5) is 0 Å². The summed E-state index contributed by atoms with van der Waals surface area (Å²) in [6.45, 7) is 6.22. The van der Waals surface area contributed by atoms with E-state index in [9.17, 15) is 5.11 Å². The molecule has 0 aromatic heterocycles. The molecule has 0 aliphatic heterocycles. The van der Waals surface area contributed by atoms with Crippen molar-refractivity contribution in [2.24, 2.45) is 5.92 Å². The number of aliphatic hydroxyl groups is 1. The Labute approximate surface area is 122 Å². The van der Waals surface area contributed by atoms with Gasteiger partial charge < -0.3 is 19.9 Å². The molecule has 0 fully saturated rings. The molecule has 1 rings (SSSR count). The first-order valence-corrected chi connectivity index (χ1v) is 7.27. The highest BCUT2D eigenvalue weighted by atomic mass is 16.5. The zero-order valence-corrected chi connectivity index (χ0v) is 12.8. The molecule has 0 aliphatic carbocycles. The molecule has 0 amide bonds. The van der Waals surface area contributed by atoms with E-state index < -0.39 is 6.10 Å². The molecule has 1 unspecified atom stereocenters. The van der Waals surface area contributed by atoms with Crippen molar-refractivity contribution in [2.45, 2.75) is 32.8 Å². The van der Waals surface area contributed by atoms with Crippen LogP contribution in [0.3, 0.4) is 0 Å². The summed E-state index contributed by atoms with van der Waals surface area (Å²) in [6, 6.07) is 7.39. The van der Waals surface area contributed by atoms with Crippen molar-refractivity contribution >= 4 is 0 Å². The predicted molar refractivity (Wildman–Crippen MR) is 81.4 cm³/mol. The quantitative estimate of drug-likeness (QED) is 0.647. The number of rotatable bonds is 10. The third kappa shape index (κ3) is 7.36. The normalized spacial score (nSPS) is 12.4. The summed E-state index contributed by atoms with van der Waals surface area (Å²) in [5.74, 6) is 2.20. The molecule has 0 heterocycles. The molecule has 0 saturated heterocycles. The Balaban J connectivity index is 2.14. The largest absolute Gasteiger partial charge is 0.497 e. The number of methoxy groups -OCH3 is 1. The Hall–Kier alpha value is -1.26. The maximum absolute atomic E-state index is 9.83. The van der Waals surface area contributed by atoms with E-state index in [1.807, 2.05) is 24.3 Å². The van der Waals surface area contributed by atoms with Gasteiger partial charge in [-0.3, -0.25) is 0 Å². The van der Waals surface area contributed by atoms with Crippen molar-refractivity contribution in [1.82, 2.24) is 5.32 Å². The highest BCUT2D eigenvalue weighted by Crippen LogP contribution is 2.18. The summed E-state index contributed by atoms with van der Waals surface area (Å²) in [5, 5.41) is 13.1. The van der Waals surface area contributed by atoms with E-state index in [0.29, 0.717) is 12.3 Å². The molecule has 1 aromatic carbocycles. The summed E-state index contributed by atoms with van der Waals surface area (Å²) < 4.78 is 10.7. The van der Waals surface area contributed by atoms with E-state index in [0.717, 1.165) is 24.6 Å². The molecule has 1 atom stereocenters. The fraction of sp³-hybridized carbons (Fsp3) is 0.625. The Morgan fingerprint density at radius 1 is 1.25 bits per heavy atom. The van der Waals surface area contributed by atoms with Crippen LogP contribution in [0.2, 0.25) is 0 Å². The number of aliphatic hydroxyl groups excluding tert-OH is 1. The second-order valence-corrected chi connectivity index (χ2v) is 5.38. The van der Waals surface area contributed by atoms with E-state index in [1.54, 1.807) is 7.11 Å². The van der Waals surface area contributed by atoms with Crippen molar-refractivity contribution in [2.75, 3.05) is 26.8 Å². The van der Waals surface area contributed by atoms with E-state index in [-0.39, 0.29) is 6.61 Å². The van der Waals surface area contributed by atoms with Gasteiger partial charge in [-0.1, -0.05) is 19.9 Å². The van der Waals surface area contributed by atoms with Gasteiger partial charge in [0.05, 0.1) is 7.11 Å². The number of nitrogens with one attached hydrogen (secondary N) is 1. The lowest BCUT2D eigenvalue weighted by Gasteiger charge is -2.14. The van der Waals surface area contributed by atoms with Crippen LogP contribution in [-0.2, 0) is 0 Å². The molecule has 20 heavy (non-hydrogen) atoms. The average Bonchev–Trinajstić information content (AvgIpc) is 2.44. The Kier molecular flexibility index (Phi) is 8.07. The maximum Gasteiger partial charge on any atom is 0.123 e. The molecule has 4 heteroatoms. The number of hydrogen-bond acceptors (Lipinski definition) is 4. The van der Waals surface area contributed by atoms with Crippen molar-refractivity contribution in [1.29, 1.82) is 0 Å². The third-order valence-electron chi connectivity index (χ3n) is 3.00. The first kappa shape index (κ1) is 16.8. The van der Waals surface area contributed by atoms with E-state index in [2.05, 4.69) is 19.2 Å². The van der Waals surface area contributed by atoms with Gasteiger partial charge in [0.15, 0.2) is 0 Å². The van der Waals surface area contributed by atoms with Crippen LogP contribution in [-0.4, -0.2) is 38.0 Å². The highest BCUT2D eigenvalue weighted by Gasteiger charge is 2.05. The molecule has 1 aromatic rings. The van der Waals surface area contributed by atoms with Crippen LogP contribution in [0.1, 0.15) is 26.7 Å². The Bertz CT molecular complexity index is 368. The average molecular weight is 281 g/mol. The van der Waals surface area contributed by atoms with Crippen LogP contribution >= 0.6 is 0 Å². The molecule has 4 nitrogen and oxygen atoms in total. The SMILES string of the molecule is COc1cccc(OCC(O)CNCCCC(C)C)c1. The lowest BCUT2D eigenvalue weighted by atomic mass is 10.1. The van der Waals surface area contributed by atoms with Crippen LogP contribution in [0.25, 0.3) is 0 Å². The minimum Gasteiger partial charge on any atom is -0.497 e. The van der Waals surface area contributed by atoms with Gasteiger partial charge in [-0.05, 0) is 37.4 Å². The van der Waals surface area contributed by atoms with Crippen molar-refractivity contribution in [3.63, 3.8) is 0 Å². The first-order chi connectivity index (χ1) is 9.61. The van der Waals surface area contributed by atoms with Gasteiger partial charge in [-0.2, -0.15) is 0 Å². The fourth-order valence-corrected chi connectivity index (χ4v) is 1.85. The third-order valence-corrected chi connectivity index (χ3v) is 3.00. The molecule has 0 saturated carbocycles. The van der Waals surface area contributed by atoms with Gasteiger partial charge in [-0.25, -0.2) is 0 Å². The van der Waals surface area contributed by atoms with E-state index in [4.69, 9.17) is 9.47 Å². The highest BCUT2D eigenvalue weighted by molar-refractivity contribution is 5.32. The molecule has 2 N–H and O–H groups in total. The molecular weight excluding hydrogens is 254 g/mol. The molecule has 0 radical (unpaired) electrons. The van der Waals surface area contributed by atoms with Crippen LogP contribution in [0.15, 0.2) is 24.3 Å². The van der Waals surface area contributed by atoms with Gasteiger partial charge in [0, 0.05) is 12.6 Å². The number of hydrogen-bond donors (Lipinski definition) is 2. The molecule has 0 spiro atoms. The lowest BCUT2D eigenvalue weighted by Crippen LogP contribution is -2.32. The monoisotopic (exact) mass is 281 g/mol. The van der Waals surface area contributed by atoms with Gasteiger partial charge in [0.1, 0.15) is 24.2 Å². The van der Waals surface area contributed by atoms with E-state index in [1.165, 1.54) is 6.42 Å². The van der Waals surface area contributed by atoms with Crippen molar-refractivity contribution < 1.29 is 14.6 Å². The summed E-state index contributed by atoms with van der Waals surface area (Å²) in [6.07, 6.45) is 1.85. The van der Waals surface area contributed by atoms with Crippen molar-refractivity contribution in [3.8, 4) is 11.5 Å². The zero-order chi connectivity index (χ0) is 14.8. The van der Waals surface area contributed by atoms with Gasteiger partial charge in [-0.15, -0.1) is 0 Å². The summed E-state index contributed by atoms with van der Waals surface area (Å²) in [4.78, 5) is 0. The first-order valence-electron chi connectivity index (χ1n) is 7.27. The lowest BCUT2D eigenvalue weighted by molar-refractivity contribution is 0.106. The predicted octanol–water partition coefficient (Wildman–Crippen LogP) is 2.46. The minimum absolute atomic E-state index is 0.282. The second kappa shape index (κ2) is 9.61. The van der Waals surface area contributed by atoms with Gasteiger partial charge in [0.2, 0.25) is 0 Å². The number of ether oxygens (including phenoxy) is 2. The molecule has 0 bridgehead atoms. The minimum atomic E-state index is -0.500. The van der Waals surface area contributed by atoms with Crippen molar-refractivity contribution in [3.05, 3.63) is 24.3 Å². The Morgan fingerprint density at radius 3 is 2.70 bits per heavy atom. The van der Waals surface area contributed by atoms with E-state index >= 15 is 0 Å². The maximum atomic E-state index is 9.83.